The van der Waals surface area contributed by atoms with Crippen LogP contribution in [0.15, 0.2) is 18.3 Å². The number of amides is 2. The average molecular weight is 347 g/mol. The summed E-state index contributed by atoms with van der Waals surface area (Å²) in [7, 11) is 0. The van der Waals surface area contributed by atoms with Crippen LogP contribution in [0.3, 0.4) is 0 Å². The van der Waals surface area contributed by atoms with Gasteiger partial charge in [-0.2, -0.15) is 0 Å². The number of piperidine rings is 1. The Kier molecular flexibility index (Phi) is 5.83. The van der Waals surface area contributed by atoms with Gasteiger partial charge in [0.15, 0.2) is 0 Å². The molecular formula is C17H25N5O3. The second kappa shape index (κ2) is 8.26. The molecular weight excluding hydrogens is 322 g/mol. The third-order valence-electron chi connectivity index (χ3n) is 4.64. The molecule has 3 rings (SSSR count). The molecule has 3 heterocycles. The van der Waals surface area contributed by atoms with Crippen LogP contribution >= 0.6 is 0 Å². The first-order chi connectivity index (χ1) is 12.1. The molecule has 2 fully saturated rings. The molecule has 1 aromatic rings. The standard InChI is InChI=1S/C17H25N5O3/c18-15(23)12-21-6-3-13(4-7-21)20-17(24)14-2-1-5-19-16(14)22-8-10-25-11-9-22/h1-2,5,13H,3-4,6-12H2,(H2,18,23)(H,20,24). The Hall–Kier alpha value is -2.19. The van der Waals surface area contributed by atoms with E-state index in [1.165, 1.54) is 0 Å². The molecule has 0 spiro atoms. The fourth-order valence-electron chi connectivity index (χ4n) is 3.32. The van der Waals surface area contributed by atoms with Crippen LogP contribution in [0.5, 0.6) is 0 Å². The lowest BCUT2D eigenvalue weighted by Gasteiger charge is -2.32. The number of carbonyl (C=O) groups excluding carboxylic acids is 2. The van der Waals surface area contributed by atoms with Crippen molar-refractivity contribution < 1.29 is 14.3 Å². The van der Waals surface area contributed by atoms with Gasteiger partial charge in [-0.05, 0) is 25.0 Å². The van der Waals surface area contributed by atoms with Gasteiger partial charge in [0.2, 0.25) is 5.91 Å². The summed E-state index contributed by atoms with van der Waals surface area (Å²) < 4.78 is 5.37. The Labute approximate surface area is 147 Å². The van der Waals surface area contributed by atoms with Gasteiger partial charge in [-0.25, -0.2) is 4.98 Å². The molecule has 2 amide bonds. The van der Waals surface area contributed by atoms with Crippen molar-refractivity contribution in [1.29, 1.82) is 0 Å². The minimum Gasteiger partial charge on any atom is -0.378 e. The number of nitrogens with zero attached hydrogens (tertiary/aromatic N) is 3. The smallest absolute Gasteiger partial charge is 0.255 e. The molecule has 8 heteroatoms. The van der Waals surface area contributed by atoms with Crippen molar-refractivity contribution in [2.45, 2.75) is 18.9 Å². The van der Waals surface area contributed by atoms with Crippen molar-refractivity contribution in [3.63, 3.8) is 0 Å². The highest BCUT2D eigenvalue weighted by Crippen LogP contribution is 2.19. The van der Waals surface area contributed by atoms with Crippen molar-refractivity contribution >= 4 is 17.6 Å². The number of anilines is 1. The van der Waals surface area contributed by atoms with Crippen molar-refractivity contribution in [3.05, 3.63) is 23.9 Å². The van der Waals surface area contributed by atoms with E-state index in [9.17, 15) is 9.59 Å². The van der Waals surface area contributed by atoms with Crippen LogP contribution in [0.4, 0.5) is 5.82 Å². The predicted molar refractivity (Wildman–Crippen MR) is 93.4 cm³/mol. The highest BCUT2D eigenvalue weighted by molar-refractivity contribution is 5.99. The summed E-state index contributed by atoms with van der Waals surface area (Å²) in [5.74, 6) is 0.311. The number of morpholine rings is 1. The van der Waals surface area contributed by atoms with Crippen LogP contribution in [-0.2, 0) is 9.53 Å². The summed E-state index contributed by atoms with van der Waals surface area (Å²) >= 11 is 0. The lowest BCUT2D eigenvalue weighted by molar-refractivity contribution is -0.119. The molecule has 0 aromatic carbocycles. The Morgan fingerprint density at radius 3 is 2.64 bits per heavy atom. The third-order valence-corrected chi connectivity index (χ3v) is 4.64. The largest absolute Gasteiger partial charge is 0.378 e. The summed E-state index contributed by atoms with van der Waals surface area (Å²) in [5.41, 5.74) is 5.83. The minimum atomic E-state index is -0.312. The summed E-state index contributed by atoms with van der Waals surface area (Å²) in [6.45, 7) is 4.58. The van der Waals surface area contributed by atoms with Crippen molar-refractivity contribution in [2.75, 3.05) is 50.8 Å². The van der Waals surface area contributed by atoms with E-state index >= 15 is 0 Å². The van der Waals surface area contributed by atoms with Crippen molar-refractivity contribution in [3.8, 4) is 0 Å². The van der Waals surface area contributed by atoms with E-state index in [2.05, 4.69) is 15.2 Å². The maximum atomic E-state index is 12.7. The van der Waals surface area contributed by atoms with Crippen LogP contribution in [0.25, 0.3) is 0 Å². The minimum absolute atomic E-state index is 0.0945. The molecule has 0 aliphatic carbocycles. The SMILES string of the molecule is NC(=O)CN1CCC(NC(=O)c2cccnc2N2CCOCC2)CC1. The zero-order chi connectivity index (χ0) is 17.6. The number of carbonyl (C=O) groups is 2. The van der Waals surface area contributed by atoms with Crippen LogP contribution < -0.4 is 16.0 Å². The van der Waals surface area contributed by atoms with Gasteiger partial charge in [0.05, 0.1) is 25.3 Å². The first-order valence-corrected chi connectivity index (χ1v) is 8.72. The maximum absolute atomic E-state index is 12.7. The van der Waals surface area contributed by atoms with Gasteiger partial charge in [0, 0.05) is 38.4 Å². The molecule has 2 saturated heterocycles. The summed E-state index contributed by atoms with van der Waals surface area (Å²) in [6, 6.07) is 3.71. The van der Waals surface area contributed by atoms with E-state index in [0.29, 0.717) is 18.8 Å². The topological polar surface area (TPSA) is 101 Å². The lowest BCUT2D eigenvalue weighted by Crippen LogP contribution is -2.47. The van der Waals surface area contributed by atoms with E-state index in [4.69, 9.17) is 10.5 Å². The molecule has 8 nitrogen and oxygen atoms in total. The van der Waals surface area contributed by atoms with E-state index in [1.54, 1.807) is 12.3 Å². The van der Waals surface area contributed by atoms with Crippen LogP contribution in [0, 0.1) is 0 Å². The molecule has 1 aromatic heterocycles. The Morgan fingerprint density at radius 2 is 1.96 bits per heavy atom. The molecule has 0 saturated carbocycles. The van der Waals surface area contributed by atoms with Crippen LogP contribution in [-0.4, -0.2) is 73.7 Å². The van der Waals surface area contributed by atoms with Gasteiger partial charge in [-0.15, -0.1) is 0 Å². The van der Waals surface area contributed by atoms with E-state index in [0.717, 1.165) is 44.8 Å². The molecule has 25 heavy (non-hydrogen) atoms. The molecule has 0 radical (unpaired) electrons. The van der Waals surface area contributed by atoms with Gasteiger partial charge >= 0.3 is 0 Å². The predicted octanol–water partition coefficient (Wildman–Crippen LogP) is -0.402. The molecule has 3 N–H and O–H groups in total. The van der Waals surface area contributed by atoms with E-state index < -0.39 is 0 Å². The van der Waals surface area contributed by atoms with Crippen molar-refractivity contribution in [1.82, 2.24) is 15.2 Å². The van der Waals surface area contributed by atoms with Gasteiger partial charge in [-0.1, -0.05) is 0 Å². The van der Waals surface area contributed by atoms with Crippen molar-refractivity contribution in [2.24, 2.45) is 5.73 Å². The fourth-order valence-corrected chi connectivity index (χ4v) is 3.32. The summed E-state index contributed by atoms with van der Waals surface area (Å²) in [6.07, 6.45) is 3.34. The molecule has 2 aliphatic heterocycles. The molecule has 2 aliphatic rings. The second-order valence-corrected chi connectivity index (χ2v) is 6.46. The fraction of sp³-hybridized carbons (Fsp3) is 0.588. The number of nitrogens with two attached hydrogens (primary N) is 1. The second-order valence-electron chi connectivity index (χ2n) is 6.46. The number of aromatic nitrogens is 1. The number of ether oxygens (including phenoxy) is 1. The molecule has 136 valence electrons. The first-order valence-electron chi connectivity index (χ1n) is 8.72. The number of rotatable bonds is 5. The lowest BCUT2D eigenvalue weighted by atomic mass is 10.0. The molecule has 0 unspecified atom stereocenters. The van der Waals surface area contributed by atoms with E-state index in [-0.39, 0.29) is 24.4 Å². The third kappa shape index (κ3) is 4.67. The Bertz CT molecular complexity index is 610. The number of pyridine rings is 1. The number of nitrogens with one attached hydrogen (secondary N) is 1. The average Bonchev–Trinajstić information content (AvgIpc) is 2.63. The Balaban J connectivity index is 1.59. The summed E-state index contributed by atoms with van der Waals surface area (Å²) in [4.78, 5) is 32.3. The number of hydrogen-bond donors (Lipinski definition) is 2. The van der Waals surface area contributed by atoms with Crippen LogP contribution in [0.2, 0.25) is 0 Å². The van der Waals surface area contributed by atoms with E-state index in [1.807, 2.05) is 11.0 Å². The molecule has 0 atom stereocenters. The van der Waals surface area contributed by atoms with Gasteiger partial charge in [0.1, 0.15) is 5.82 Å². The van der Waals surface area contributed by atoms with Gasteiger partial charge < -0.3 is 20.7 Å². The molecule has 0 bridgehead atoms. The number of primary amides is 1. The number of hydrogen-bond acceptors (Lipinski definition) is 6. The zero-order valence-electron chi connectivity index (χ0n) is 14.3. The highest BCUT2D eigenvalue weighted by atomic mass is 16.5. The zero-order valence-corrected chi connectivity index (χ0v) is 14.3. The van der Waals surface area contributed by atoms with Gasteiger partial charge in [0.25, 0.3) is 5.91 Å². The number of likely N-dealkylation sites (tertiary alicyclic amines) is 1. The summed E-state index contributed by atoms with van der Waals surface area (Å²) in [5, 5.41) is 3.11. The van der Waals surface area contributed by atoms with Crippen LogP contribution in [0.1, 0.15) is 23.2 Å². The first kappa shape index (κ1) is 17.6. The maximum Gasteiger partial charge on any atom is 0.255 e. The quantitative estimate of drug-likeness (QED) is 0.751. The van der Waals surface area contributed by atoms with Gasteiger partial charge in [-0.3, -0.25) is 14.5 Å². The monoisotopic (exact) mass is 347 g/mol. The Morgan fingerprint density at radius 1 is 1.24 bits per heavy atom. The highest BCUT2D eigenvalue weighted by Gasteiger charge is 2.24. The normalized spacial score (nSPS) is 19.6.